The summed E-state index contributed by atoms with van der Waals surface area (Å²) in [5.41, 5.74) is 3.69. The molecule has 0 radical (unpaired) electrons. The van der Waals surface area contributed by atoms with Crippen molar-refractivity contribution in [3.05, 3.63) is 76.6 Å². The summed E-state index contributed by atoms with van der Waals surface area (Å²) in [7, 11) is 0. The zero-order valence-corrected chi connectivity index (χ0v) is 18.2. The maximum Gasteiger partial charge on any atom is 0.119 e. The third kappa shape index (κ3) is 4.34. The van der Waals surface area contributed by atoms with Crippen molar-refractivity contribution < 1.29 is 4.74 Å². The van der Waals surface area contributed by atoms with Crippen LogP contribution in [0.15, 0.2) is 76.6 Å². The van der Waals surface area contributed by atoms with Crippen LogP contribution in [0.1, 0.15) is 13.3 Å². The summed E-state index contributed by atoms with van der Waals surface area (Å²) in [4.78, 5) is 3.91. The fourth-order valence-corrected chi connectivity index (χ4v) is 5.35. The van der Waals surface area contributed by atoms with Crippen LogP contribution in [0.3, 0.4) is 0 Å². The van der Waals surface area contributed by atoms with Gasteiger partial charge in [0.1, 0.15) is 5.75 Å². The summed E-state index contributed by atoms with van der Waals surface area (Å²) in [6.45, 7) is 2.88. The molecule has 0 saturated carbocycles. The average molecular weight is 455 g/mol. The number of halogens is 1. The van der Waals surface area contributed by atoms with Gasteiger partial charge in [0.15, 0.2) is 0 Å². The van der Waals surface area contributed by atoms with Gasteiger partial charge < -0.3 is 4.74 Å². The molecule has 4 rings (SSSR count). The molecule has 0 atom stereocenters. The van der Waals surface area contributed by atoms with Crippen LogP contribution in [-0.4, -0.2) is 6.61 Å². The van der Waals surface area contributed by atoms with E-state index in [1.807, 2.05) is 23.5 Å². The molecule has 136 valence electrons. The lowest BCUT2D eigenvalue weighted by Gasteiger charge is -2.07. The Kier molecular flexibility index (Phi) is 5.77. The first kappa shape index (κ1) is 18.5. The fraction of sp³-hybridized carbons (Fsp3) is 0.130. The molecule has 0 fully saturated rings. The Bertz CT molecular complexity index is 1010. The van der Waals surface area contributed by atoms with Gasteiger partial charge in [-0.05, 0) is 75.4 Å². The maximum atomic E-state index is 5.66. The van der Waals surface area contributed by atoms with E-state index in [1.165, 1.54) is 35.1 Å². The summed E-state index contributed by atoms with van der Waals surface area (Å²) >= 11 is 7.15. The Morgan fingerprint density at radius 3 is 1.85 bits per heavy atom. The van der Waals surface area contributed by atoms with Crippen LogP contribution in [0.4, 0.5) is 0 Å². The van der Waals surface area contributed by atoms with Crippen molar-refractivity contribution in [3.8, 4) is 37.1 Å². The van der Waals surface area contributed by atoms with E-state index in [4.69, 9.17) is 4.74 Å². The van der Waals surface area contributed by atoms with Gasteiger partial charge in [-0.2, -0.15) is 0 Å². The first-order valence-corrected chi connectivity index (χ1v) is 11.3. The number of hydrogen-bond donors (Lipinski definition) is 0. The van der Waals surface area contributed by atoms with E-state index in [-0.39, 0.29) is 0 Å². The third-order valence-electron chi connectivity index (χ3n) is 4.25. The SMILES string of the molecule is CCCOc1ccc(-c2ccc(-c3ccc(-c4ccc(Br)s4)s3)cc2)cc1. The van der Waals surface area contributed by atoms with Gasteiger partial charge in [0.25, 0.3) is 0 Å². The number of benzene rings is 2. The van der Waals surface area contributed by atoms with Gasteiger partial charge in [-0.15, -0.1) is 22.7 Å². The summed E-state index contributed by atoms with van der Waals surface area (Å²) in [6, 6.07) is 25.8. The molecule has 2 aromatic carbocycles. The molecule has 0 aliphatic rings. The smallest absolute Gasteiger partial charge is 0.119 e. The highest BCUT2D eigenvalue weighted by Crippen LogP contribution is 2.39. The Morgan fingerprint density at radius 1 is 0.667 bits per heavy atom. The molecule has 2 heterocycles. The van der Waals surface area contributed by atoms with Gasteiger partial charge in [0.2, 0.25) is 0 Å². The first-order valence-electron chi connectivity index (χ1n) is 8.92. The molecule has 4 aromatic rings. The lowest BCUT2D eigenvalue weighted by atomic mass is 10.0. The Hall–Kier alpha value is -1.88. The molecule has 2 aromatic heterocycles. The normalized spacial score (nSPS) is 10.9. The maximum absolute atomic E-state index is 5.66. The second-order valence-corrected chi connectivity index (χ2v) is 9.76. The Morgan fingerprint density at radius 2 is 1.22 bits per heavy atom. The quantitative estimate of drug-likeness (QED) is 0.284. The molecule has 0 aliphatic carbocycles. The monoisotopic (exact) mass is 454 g/mol. The molecule has 0 unspecified atom stereocenters. The molecule has 1 nitrogen and oxygen atoms in total. The standard InChI is InChI=1S/C23H19BrOS2/c1-2-15-25-19-9-7-17(8-10-19)16-3-5-18(6-4-16)20-11-12-21(26-20)22-13-14-23(24)27-22/h3-14H,2,15H2,1H3. The average Bonchev–Trinajstić information content (AvgIpc) is 3.36. The second kappa shape index (κ2) is 8.42. The van der Waals surface area contributed by atoms with Gasteiger partial charge in [-0.1, -0.05) is 43.3 Å². The van der Waals surface area contributed by atoms with Crippen molar-refractivity contribution in [2.24, 2.45) is 0 Å². The van der Waals surface area contributed by atoms with Crippen LogP contribution in [0.25, 0.3) is 31.3 Å². The summed E-state index contributed by atoms with van der Waals surface area (Å²) in [5.74, 6) is 0.934. The fourth-order valence-electron chi connectivity index (χ4n) is 2.86. The number of ether oxygens (including phenoxy) is 1. The molecular formula is C23H19BrOS2. The first-order chi connectivity index (χ1) is 13.2. The van der Waals surface area contributed by atoms with Gasteiger partial charge in [0, 0.05) is 14.6 Å². The molecule has 0 bridgehead atoms. The van der Waals surface area contributed by atoms with E-state index in [9.17, 15) is 0 Å². The van der Waals surface area contributed by atoms with E-state index in [2.05, 4.69) is 83.5 Å². The van der Waals surface area contributed by atoms with Crippen LogP contribution < -0.4 is 4.74 Å². The summed E-state index contributed by atoms with van der Waals surface area (Å²) in [5, 5.41) is 0. The Balaban J connectivity index is 1.51. The van der Waals surface area contributed by atoms with Crippen molar-refractivity contribution >= 4 is 38.6 Å². The topological polar surface area (TPSA) is 9.23 Å². The number of rotatable bonds is 6. The van der Waals surface area contributed by atoms with Gasteiger partial charge in [-0.25, -0.2) is 0 Å². The van der Waals surface area contributed by atoms with E-state index in [0.717, 1.165) is 18.8 Å². The predicted octanol–water partition coefficient (Wildman–Crippen LogP) is 8.36. The molecule has 27 heavy (non-hydrogen) atoms. The van der Waals surface area contributed by atoms with Gasteiger partial charge in [-0.3, -0.25) is 0 Å². The van der Waals surface area contributed by atoms with E-state index in [1.54, 1.807) is 11.3 Å². The van der Waals surface area contributed by atoms with Crippen LogP contribution in [0.5, 0.6) is 5.75 Å². The van der Waals surface area contributed by atoms with E-state index in [0.29, 0.717) is 0 Å². The van der Waals surface area contributed by atoms with Gasteiger partial charge >= 0.3 is 0 Å². The van der Waals surface area contributed by atoms with Crippen molar-refractivity contribution in [1.29, 1.82) is 0 Å². The lowest BCUT2D eigenvalue weighted by molar-refractivity contribution is 0.317. The lowest BCUT2D eigenvalue weighted by Crippen LogP contribution is -1.94. The minimum Gasteiger partial charge on any atom is -0.494 e. The number of thiophene rings is 2. The van der Waals surface area contributed by atoms with Crippen molar-refractivity contribution in [2.75, 3.05) is 6.61 Å². The second-order valence-electron chi connectivity index (χ2n) is 6.22. The molecule has 0 aliphatic heterocycles. The van der Waals surface area contributed by atoms with Crippen LogP contribution >= 0.6 is 38.6 Å². The highest BCUT2D eigenvalue weighted by atomic mass is 79.9. The molecule has 0 spiro atoms. The highest BCUT2D eigenvalue weighted by molar-refractivity contribution is 9.11. The highest BCUT2D eigenvalue weighted by Gasteiger charge is 2.07. The van der Waals surface area contributed by atoms with Crippen molar-refractivity contribution in [3.63, 3.8) is 0 Å². The van der Waals surface area contributed by atoms with E-state index < -0.39 is 0 Å². The largest absolute Gasteiger partial charge is 0.494 e. The Labute approximate surface area is 176 Å². The molecule has 0 N–H and O–H groups in total. The van der Waals surface area contributed by atoms with Crippen molar-refractivity contribution in [1.82, 2.24) is 0 Å². The molecule has 0 amide bonds. The minimum atomic E-state index is 0.763. The van der Waals surface area contributed by atoms with Crippen molar-refractivity contribution in [2.45, 2.75) is 13.3 Å². The number of hydrogen-bond acceptors (Lipinski definition) is 3. The third-order valence-corrected chi connectivity index (χ3v) is 7.21. The molecular weight excluding hydrogens is 436 g/mol. The summed E-state index contributed by atoms with van der Waals surface area (Å²) < 4.78 is 6.83. The molecule has 0 saturated heterocycles. The summed E-state index contributed by atoms with van der Waals surface area (Å²) in [6.07, 6.45) is 1.03. The zero-order chi connectivity index (χ0) is 18.6. The van der Waals surface area contributed by atoms with Crippen LogP contribution in [0.2, 0.25) is 0 Å². The minimum absolute atomic E-state index is 0.763. The van der Waals surface area contributed by atoms with Gasteiger partial charge in [0.05, 0.1) is 10.4 Å². The molecule has 4 heteroatoms. The van der Waals surface area contributed by atoms with E-state index >= 15 is 0 Å². The van der Waals surface area contributed by atoms with Crippen LogP contribution in [0, 0.1) is 0 Å². The zero-order valence-electron chi connectivity index (χ0n) is 14.9. The predicted molar refractivity (Wildman–Crippen MR) is 122 cm³/mol. The van der Waals surface area contributed by atoms with Crippen LogP contribution in [-0.2, 0) is 0 Å².